The van der Waals surface area contributed by atoms with Crippen LogP contribution in [0.1, 0.15) is 37.9 Å². The minimum Gasteiger partial charge on any atom is -0.388 e. The van der Waals surface area contributed by atoms with E-state index in [1.165, 1.54) is 19.2 Å². The molecular weight excluding hydrogens is 313 g/mol. The van der Waals surface area contributed by atoms with E-state index in [-0.39, 0.29) is 17.8 Å². The highest BCUT2D eigenvalue weighted by Crippen LogP contribution is 2.29. The molecule has 0 saturated carbocycles. The third-order valence-corrected chi connectivity index (χ3v) is 4.51. The van der Waals surface area contributed by atoms with Crippen LogP contribution >= 0.6 is 0 Å². The number of urea groups is 1. The summed E-state index contributed by atoms with van der Waals surface area (Å²) >= 11 is 0. The van der Waals surface area contributed by atoms with Gasteiger partial charge in [-0.05, 0) is 50.4 Å². The molecule has 0 bridgehead atoms. The van der Waals surface area contributed by atoms with Crippen molar-refractivity contribution in [2.24, 2.45) is 0 Å². The van der Waals surface area contributed by atoms with Crippen molar-refractivity contribution < 1.29 is 19.1 Å². The van der Waals surface area contributed by atoms with Crippen molar-refractivity contribution in [1.29, 1.82) is 0 Å². The van der Waals surface area contributed by atoms with E-state index < -0.39 is 18.2 Å². The Kier molecular flexibility index (Phi) is 6.28. The van der Waals surface area contributed by atoms with Gasteiger partial charge in [0.15, 0.2) is 0 Å². The van der Waals surface area contributed by atoms with Gasteiger partial charge >= 0.3 is 6.03 Å². The third kappa shape index (κ3) is 4.52. The van der Waals surface area contributed by atoms with Crippen LogP contribution in [-0.2, 0) is 4.79 Å². The summed E-state index contributed by atoms with van der Waals surface area (Å²) in [6.07, 6.45) is 1.54. The zero-order valence-corrected chi connectivity index (χ0v) is 14.0. The molecule has 3 amide bonds. The average Bonchev–Trinajstić information content (AvgIpc) is 3.02. The zero-order valence-electron chi connectivity index (χ0n) is 14.0. The highest BCUT2D eigenvalue weighted by molar-refractivity contribution is 5.96. The van der Waals surface area contributed by atoms with Crippen molar-refractivity contribution in [2.45, 2.75) is 44.4 Å². The molecule has 1 aromatic carbocycles. The monoisotopic (exact) mass is 337 g/mol. The van der Waals surface area contributed by atoms with E-state index in [9.17, 15) is 19.1 Å². The van der Waals surface area contributed by atoms with Crippen molar-refractivity contribution in [3.63, 3.8) is 0 Å². The molecule has 0 spiro atoms. The van der Waals surface area contributed by atoms with Crippen LogP contribution in [0.5, 0.6) is 0 Å². The lowest BCUT2D eigenvalue weighted by Gasteiger charge is -2.31. The molecule has 3 N–H and O–H groups in total. The van der Waals surface area contributed by atoms with Crippen LogP contribution in [0.3, 0.4) is 0 Å². The van der Waals surface area contributed by atoms with Gasteiger partial charge in [0, 0.05) is 13.1 Å². The predicted molar refractivity (Wildman–Crippen MR) is 87.8 cm³/mol. The number of nitrogens with zero attached hydrogens (tertiary/aromatic N) is 1. The first-order chi connectivity index (χ1) is 11.4. The highest BCUT2D eigenvalue weighted by atomic mass is 19.1. The molecule has 132 valence electrons. The van der Waals surface area contributed by atoms with E-state index >= 15 is 0 Å². The Morgan fingerprint density at radius 2 is 2.04 bits per heavy atom. The summed E-state index contributed by atoms with van der Waals surface area (Å²) in [5, 5.41) is 15.0. The molecular formula is C17H24FN3O3. The van der Waals surface area contributed by atoms with Crippen LogP contribution in [-0.4, -0.2) is 47.6 Å². The molecule has 1 aliphatic heterocycles. The second-order valence-electron chi connectivity index (χ2n) is 6.08. The number of imide groups is 1. The summed E-state index contributed by atoms with van der Waals surface area (Å²) in [6.45, 7) is 2.49. The van der Waals surface area contributed by atoms with E-state index in [4.69, 9.17) is 0 Å². The van der Waals surface area contributed by atoms with E-state index in [0.29, 0.717) is 12.0 Å². The summed E-state index contributed by atoms with van der Waals surface area (Å²) in [5.41, 5.74) is 0.658. The van der Waals surface area contributed by atoms with Gasteiger partial charge in [-0.25, -0.2) is 9.18 Å². The number of aliphatic hydroxyl groups excluding tert-OH is 1. The zero-order chi connectivity index (χ0) is 17.7. The maximum Gasteiger partial charge on any atom is 0.321 e. The summed E-state index contributed by atoms with van der Waals surface area (Å²) in [5.74, 6) is -0.703. The maximum absolute atomic E-state index is 13.0. The smallest absolute Gasteiger partial charge is 0.321 e. The van der Waals surface area contributed by atoms with Crippen molar-refractivity contribution in [3.05, 3.63) is 35.6 Å². The first-order valence-electron chi connectivity index (χ1n) is 8.14. The Bertz CT molecular complexity index is 579. The number of likely N-dealkylation sites (tertiary alicyclic amines) is 1. The Balaban J connectivity index is 1.98. The Morgan fingerprint density at radius 3 is 2.67 bits per heavy atom. The van der Waals surface area contributed by atoms with Gasteiger partial charge < -0.3 is 10.4 Å². The second kappa shape index (κ2) is 8.21. The lowest BCUT2D eigenvalue weighted by Crippen LogP contribution is -2.50. The lowest BCUT2D eigenvalue weighted by molar-refractivity contribution is -0.125. The van der Waals surface area contributed by atoms with Crippen LogP contribution in [0.25, 0.3) is 0 Å². The number of halogens is 1. The Morgan fingerprint density at radius 1 is 1.38 bits per heavy atom. The van der Waals surface area contributed by atoms with Gasteiger partial charge in [-0.3, -0.25) is 15.0 Å². The Hall–Kier alpha value is -1.99. The number of carbonyl (C=O) groups is 2. The summed E-state index contributed by atoms with van der Waals surface area (Å²) in [7, 11) is 1.45. The molecule has 7 heteroatoms. The molecule has 1 aromatic rings. The first kappa shape index (κ1) is 18.4. The van der Waals surface area contributed by atoms with Crippen LogP contribution < -0.4 is 10.6 Å². The Labute approximate surface area is 141 Å². The molecule has 1 fully saturated rings. The number of benzene rings is 1. The number of carbonyl (C=O) groups excluding carboxylic acids is 2. The molecule has 1 aliphatic rings. The van der Waals surface area contributed by atoms with E-state index in [2.05, 4.69) is 10.6 Å². The number of nitrogens with one attached hydrogen (secondary N) is 2. The number of hydrogen-bond donors (Lipinski definition) is 3. The molecule has 1 saturated heterocycles. The molecule has 0 aliphatic carbocycles. The number of amides is 3. The molecule has 1 heterocycles. The maximum atomic E-state index is 13.0. The quantitative estimate of drug-likeness (QED) is 0.762. The molecule has 0 aromatic heterocycles. The molecule has 3 atom stereocenters. The van der Waals surface area contributed by atoms with Gasteiger partial charge in [-0.2, -0.15) is 0 Å². The molecule has 0 radical (unpaired) electrons. The largest absolute Gasteiger partial charge is 0.388 e. The van der Waals surface area contributed by atoms with Crippen LogP contribution in [0.15, 0.2) is 24.3 Å². The van der Waals surface area contributed by atoms with Gasteiger partial charge in [0.2, 0.25) is 5.91 Å². The van der Waals surface area contributed by atoms with E-state index in [0.717, 1.165) is 19.4 Å². The number of rotatable bonds is 5. The summed E-state index contributed by atoms with van der Waals surface area (Å²) < 4.78 is 13.0. The fourth-order valence-electron chi connectivity index (χ4n) is 3.13. The minimum atomic E-state index is -0.717. The van der Waals surface area contributed by atoms with E-state index in [1.807, 2.05) is 4.90 Å². The molecule has 2 rings (SSSR count). The van der Waals surface area contributed by atoms with Crippen molar-refractivity contribution in [1.82, 2.24) is 15.5 Å². The van der Waals surface area contributed by atoms with Crippen LogP contribution in [0, 0.1) is 5.82 Å². The summed E-state index contributed by atoms with van der Waals surface area (Å²) in [4.78, 5) is 25.4. The van der Waals surface area contributed by atoms with Gasteiger partial charge in [0.05, 0.1) is 12.1 Å². The fraction of sp³-hybridized carbons (Fsp3) is 0.529. The van der Waals surface area contributed by atoms with Crippen molar-refractivity contribution in [3.8, 4) is 0 Å². The number of aliphatic hydroxyl groups is 1. The summed E-state index contributed by atoms with van der Waals surface area (Å²) in [6, 6.07) is 4.83. The van der Waals surface area contributed by atoms with Gasteiger partial charge in [0.25, 0.3) is 0 Å². The van der Waals surface area contributed by atoms with Gasteiger partial charge in [-0.15, -0.1) is 0 Å². The van der Waals surface area contributed by atoms with Crippen molar-refractivity contribution >= 4 is 11.9 Å². The standard InChI is InChI=1S/C17H24FN3O3/c1-11(16(23)20-17(24)19-2)21-9-3-4-14(21)10-15(22)12-5-7-13(18)8-6-12/h5-8,11,14-15,22H,3-4,9-10H2,1-2H3,(H2,19,20,23,24)/t11-,14+,15-/m0/s1. The average molecular weight is 337 g/mol. The van der Waals surface area contributed by atoms with Crippen LogP contribution in [0.4, 0.5) is 9.18 Å². The number of hydrogen-bond acceptors (Lipinski definition) is 4. The van der Waals surface area contributed by atoms with Crippen LogP contribution in [0.2, 0.25) is 0 Å². The highest BCUT2D eigenvalue weighted by Gasteiger charge is 2.33. The van der Waals surface area contributed by atoms with Gasteiger partial charge in [-0.1, -0.05) is 12.1 Å². The first-order valence-corrected chi connectivity index (χ1v) is 8.14. The fourth-order valence-corrected chi connectivity index (χ4v) is 3.13. The second-order valence-corrected chi connectivity index (χ2v) is 6.08. The normalized spacial score (nSPS) is 20.4. The predicted octanol–water partition coefficient (Wildman–Crippen LogP) is 1.56. The third-order valence-electron chi connectivity index (χ3n) is 4.51. The van der Waals surface area contributed by atoms with E-state index in [1.54, 1.807) is 19.1 Å². The minimum absolute atomic E-state index is 0.0375. The molecule has 6 nitrogen and oxygen atoms in total. The van der Waals surface area contributed by atoms with Crippen molar-refractivity contribution in [2.75, 3.05) is 13.6 Å². The molecule has 24 heavy (non-hydrogen) atoms. The lowest BCUT2D eigenvalue weighted by atomic mass is 10.00. The van der Waals surface area contributed by atoms with Gasteiger partial charge in [0.1, 0.15) is 5.82 Å². The molecule has 0 unspecified atom stereocenters. The SMILES string of the molecule is CNC(=O)NC(=O)[C@H](C)N1CCC[C@@H]1C[C@H](O)c1ccc(F)cc1. The topological polar surface area (TPSA) is 81.7 Å².